The van der Waals surface area contributed by atoms with Crippen LogP contribution in [-0.4, -0.2) is 15.7 Å². The highest BCUT2D eigenvalue weighted by molar-refractivity contribution is 5.23. The van der Waals surface area contributed by atoms with Crippen LogP contribution in [0.2, 0.25) is 0 Å². The smallest absolute Gasteiger partial charge is 0.315 e. The van der Waals surface area contributed by atoms with Crippen molar-refractivity contribution in [2.75, 3.05) is 0 Å². The van der Waals surface area contributed by atoms with Gasteiger partial charge in [0.15, 0.2) is 5.82 Å². The first-order valence-corrected chi connectivity index (χ1v) is 4.37. The molecule has 1 aromatic heterocycles. The van der Waals surface area contributed by atoms with Gasteiger partial charge in [0.1, 0.15) is 0 Å². The molecule has 0 aliphatic carbocycles. The molecular formula is C8H14N6O. The van der Waals surface area contributed by atoms with Crippen LogP contribution < -0.4 is 17.2 Å². The van der Waals surface area contributed by atoms with Gasteiger partial charge >= 0.3 is 5.69 Å². The van der Waals surface area contributed by atoms with E-state index in [-0.39, 0.29) is 12.2 Å². The van der Waals surface area contributed by atoms with Crippen LogP contribution in [0.5, 0.6) is 0 Å². The lowest BCUT2D eigenvalue weighted by atomic mass is 10.5. The van der Waals surface area contributed by atoms with E-state index in [0.29, 0.717) is 11.5 Å². The van der Waals surface area contributed by atoms with E-state index >= 15 is 0 Å². The second kappa shape index (κ2) is 4.67. The fourth-order valence-electron chi connectivity index (χ4n) is 0.993. The number of H-pyrrole nitrogens is 1. The van der Waals surface area contributed by atoms with Crippen LogP contribution in [-0.2, 0) is 6.54 Å². The summed E-state index contributed by atoms with van der Waals surface area (Å²) in [5, 5.41) is 7.57. The summed E-state index contributed by atoms with van der Waals surface area (Å²) in [5.74, 6) is 0.379. The fraction of sp³-hybridized carbons (Fsp3) is 0.375. The van der Waals surface area contributed by atoms with Crippen molar-refractivity contribution in [3.63, 3.8) is 0 Å². The molecule has 82 valence electrons. The molecular weight excluding hydrogens is 196 g/mol. The molecule has 0 aliphatic rings. The standard InChI is InChI=1S/C8H14N6O/c1-5(2)12-13-7-3-11-8(15)14(7)4-6(9)10/h3,6H,1,4,9-10H2,2H3,(H,11,15). The van der Waals surface area contributed by atoms with E-state index in [4.69, 9.17) is 11.5 Å². The number of nitrogens with two attached hydrogens (primary N) is 2. The second-order valence-corrected chi connectivity index (χ2v) is 3.16. The van der Waals surface area contributed by atoms with Crippen LogP contribution in [0.15, 0.2) is 33.5 Å². The van der Waals surface area contributed by atoms with Gasteiger partial charge in [-0.3, -0.25) is 4.57 Å². The molecule has 0 saturated heterocycles. The minimum atomic E-state index is -0.614. The molecule has 0 saturated carbocycles. The second-order valence-electron chi connectivity index (χ2n) is 3.16. The number of aromatic nitrogens is 2. The molecule has 1 rings (SSSR count). The Kier molecular flexibility index (Phi) is 3.53. The maximum atomic E-state index is 11.3. The summed E-state index contributed by atoms with van der Waals surface area (Å²) in [6.45, 7) is 5.45. The fourth-order valence-corrected chi connectivity index (χ4v) is 0.993. The number of rotatable bonds is 4. The first-order valence-electron chi connectivity index (χ1n) is 4.37. The summed E-state index contributed by atoms with van der Waals surface area (Å²) < 4.78 is 1.32. The number of hydrogen-bond acceptors (Lipinski definition) is 5. The number of nitrogens with one attached hydrogen (secondary N) is 1. The monoisotopic (exact) mass is 210 g/mol. The lowest BCUT2D eigenvalue weighted by molar-refractivity contribution is 0.558. The van der Waals surface area contributed by atoms with Crippen LogP contribution in [0.1, 0.15) is 6.92 Å². The molecule has 0 aromatic carbocycles. The third kappa shape index (κ3) is 3.15. The molecule has 15 heavy (non-hydrogen) atoms. The molecule has 0 amide bonds. The number of nitrogens with zero attached hydrogens (tertiary/aromatic N) is 3. The maximum Gasteiger partial charge on any atom is 0.327 e. The Morgan fingerprint density at radius 2 is 2.40 bits per heavy atom. The molecule has 0 aliphatic heterocycles. The number of allylic oxidation sites excluding steroid dienone is 1. The molecule has 1 aromatic rings. The molecule has 0 bridgehead atoms. The number of imidazole rings is 1. The SMILES string of the molecule is C=C(C)N=Nc1c[nH]c(=O)n1CC(N)N. The van der Waals surface area contributed by atoms with Crippen LogP contribution >= 0.6 is 0 Å². The van der Waals surface area contributed by atoms with E-state index in [1.165, 1.54) is 10.8 Å². The highest BCUT2D eigenvalue weighted by atomic mass is 16.1. The Labute approximate surface area is 86.5 Å². The van der Waals surface area contributed by atoms with Gasteiger partial charge in [0, 0.05) is 0 Å². The number of hydrogen-bond donors (Lipinski definition) is 3. The first-order chi connectivity index (χ1) is 7.00. The predicted molar refractivity (Wildman–Crippen MR) is 56.5 cm³/mol. The Bertz CT molecular complexity index is 427. The Morgan fingerprint density at radius 1 is 1.73 bits per heavy atom. The zero-order valence-electron chi connectivity index (χ0n) is 8.47. The summed E-state index contributed by atoms with van der Waals surface area (Å²) in [4.78, 5) is 13.8. The average molecular weight is 210 g/mol. The van der Waals surface area contributed by atoms with Gasteiger partial charge in [0.05, 0.1) is 24.6 Å². The minimum absolute atomic E-state index is 0.187. The van der Waals surface area contributed by atoms with E-state index in [1.807, 2.05) is 0 Å². The summed E-state index contributed by atoms with van der Waals surface area (Å²) in [7, 11) is 0. The van der Waals surface area contributed by atoms with Gasteiger partial charge in [-0.2, -0.15) is 5.11 Å². The van der Waals surface area contributed by atoms with E-state index in [2.05, 4.69) is 21.8 Å². The third-order valence-corrected chi connectivity index (χ3v) is 1.56. The van der Waals surface area contributed by atoms with Crippen molar-refractivity contribution in [3.05, 3.63) is 29.0 Å². The largest absolute Gasteiger partial charge is 0.327 e. The molecule has 0 radical (unpaired) electrons. The van der Waals surface area contributed by atoms with E-state index in [9.17, 15) is 4.79 Å². The molecule has 0 fully saturated rings. The zero-order chi connectivity index (χ0) is 11.4. The van der Waals surface area contributed by atoms with Crippen molar-refractivity contribution in [1.82, 2.24) is 9.55 Å². The van der Waals surface area contributed by atoms with Crippen molar-refractivity contribution in [2.24, 2.45) is 21.7 Å². The van der Waals surface area contributed by atoms with Crippen LogP contribution in [0.25, 0.3) is 0 Å². The Balaban J connectivity index is 2.98. The molecule has 0 atom stereocenters. The normalized spacial score (nSPS) is 11.5. The highest BCUT2D eigenvalue weighted by Crippen LogP contribution is 2.09. The van der Waals surface area contributed by atoms with Crippen molar-refractivity contribution >= 4 is 5.82 Å². The van der Waals surface area contributed by atoms with E-state index in [1.54, 1.807) is 6.92 Å². The van der Waals surface area contributed by atoms with Gasteiger partial charge in [0.25, 0.3) is 0 Å². The van der Waals surface area contributed by atoms with E-state index < -0.39 is 6.17 Å². The summed E-state index contributed by atoms with van der Waals surface area (Å²) >= 11 is 0. The minimum Gasteiger partial charge on any atom is -0.315 e. The van der Waals surface area contributed by atoms with Crippen LogP contribution in [0.3, 0.4) is 0 Å². The molecule has 7 heteroatoms. The van der Waals surface area contributed by atoms with Crippen molar-refractivity contribution in [2.45, 2.75) is 19.6 Å². The van der Waals surface area contributed by atoms with Crippen molar-refractivity contribution < 1.29 is 0 Å². The molecule has 5 N–H and O–H groups in total. The summed E-state index contributed by atoms with van der Waals surface area (Å²) in [6.07, 6.45) is 0.828. The predicted octanol–water partition coefficient (Wildman–Crippen LogP) is 0.0372. The topological polar surface area (TPSA) is 115 Å². The molecule has 0 unspecified atom stereocenters. The maximum absolute atomic E-state index is 11.3. The lowest BCUT2D eigenvalue weighted by Crippen LogP contribution is -2.37. The zero-order valence-corrected chi connectivity index (χ0v) is 8.47. The van der Waals surface area contributed by atoms with Crippen molar-refractivity contribution in [1.29, 1.82) is 0 Å². The van der Waals surface area contributed by atoms with Gasteiger partial charge in [-0.15, -0.1) is 5.11 Å². The number of aromatic amines is 1. The molecule has 7 nitrogen and oxygen atoms in total. The van der Waals surface area contributed by atoms with Crippen LogP contribution in [0.4, 0.5) is 5.82 Å². The van der Waals surface area contributed by atoms with Gasteiger partial charge in [-0.25, -0.2) is 4.79 Å². The van der Waals surface area contributed by atoms with Gasteiger partial charge in [-0.1, -0.05) is 6.58 Å². The van der Waals surface area contributed by atoms with Gasteiger partial charge < -0.3 is 16.5 Å². The van der Waals surface area contributed by atoms with Gasteiger partial charge in [-0.05, 0) is 6.92 Å². The van der Waals surface area contributed by atoms with E-state index in [0.717, 1.165) is 0 Å². The first kappa shape index (κ1) is 11.3. The lowest BCUT2D eigenvalue weighted by Gasteiger charge is -2.05. The molecule has 0 spiro atoms. The highest BCUT2D eigenvalue weighted by Gasteiger charge is 2.07. The molecule has 1 heterocycles. The number of azo groups is 1. The summed E-state index contributed by atoms with van der Waals surface area (Å²) in [5.41, 5.74) is 11.0. The van der Waals surface area contributed by atoms with Gasteiger partial charge in [0.2, 0.25) is 0 Å². The van der Waals surface area contributed by atoms with Crippen LogP contribution in [0, 0.1) is 0 Å². The Hall–Kier alpha value is -1.73. The van der Waals surface area contributed by atoms with Crippen molar-refractivity contribution in [3.8, 4) is 0 Å². The Morgan fingerprint density at radius 3 is 2.93 bits per heavy atom. The summed E-state index contributed by atoms with van der Waals surface area (Å²) in [6, 6.07) is 0. The average Bonchev–Trinajstić information content (AvgIpc) is 2.44. The third-order valence-electron chi connectivity index (χ3n) is 1.56. The quantitative estimate of drug-likeness (QED) is 0.481.